The first-order valence-electron chi connectivity index (χ1n) is 6.31. The van der Waals surface area contributed by atoms with Crippen LogP contribution in [0.1, 0.15) is 32.3 Å². The molecule has 0 unspecified atom stereocenters. The molecule has 1 rings (SSSR count). The minimum absolute atomic E-state index is 0.0869. The molecule has 0 atom stereocenters. The quantitative estimate of drug-likeness (QED) is 0.819. The van der Waals surface area contributed by atoms with Crippen molar-refractivity contribution in [3.8, 4) is 11.8 Å². The molecule has 1 aromatic carbocycles. The van der Waals surface area contributed by atoms with Crippen LogP contribution in [0.15, 0.2) is 18.2 Å². The maximum atomic E-state index is 13.2. The Morgan fingerprint density at radius 2 is 2.21 bits per heavy atom. The molecule has 102 valence electrons. The molecule has 3 N–H and O–H groups in total. The molecule has 0 bridgehead atoms. The Labute approximate surface area is 113 Å². The van der Waals surface area contributed by atoms with Gasteiger partial charge in [-0.2, -0.15) is 0 Å². The van der Waals surface area contributed by atoms with Crippen LogP contribution in [0.4, 0.5) is 10.1 Å². The largest absolute Gasteiger partial charge is 0.325 e. The molecule has 0 aromatic heterocycles. The number of halogens is 1. The second kappa shape index (κ2) is 7.55. The molecular formula is C15H19FN2O. The molecule has 4 heteroatoms. The second-order valence-electron chi connectivity index (χ2n) is 4.68. The van der Waals surface area contributed by atoms with E-state index in [-0.39, 0.29) is 18.3 Å². The molecule has 0 aliphatic carbocycles. The zero-order valence-corrected chi connectivity index (χ0v) is 11.3. The predicted octanol–water partition coefficient (Wildman–Crippen LogP) is 2.51. The van der Waals surface area contributed by atoms with Crippen molar-refractivity contribution in [2.24, 2.45) is 11.7 Å². The Morgan fingerprint density at radius 3 is 2.84 bits per heavy atom. The molecule has 0 saturated heterocycles. The molecule has 1 amide bonds. The van der Waals surface area contributed by atoms with Crippen LogP contribution in [0.2, 0.25) is 0 Å². The van der Waals surface area contributed by atoms with Crippen LogP contribution in [-0.2, 0) is 4.79 Å². The lowest BCUT2D eigenvalue weighted by molar-refractivity contribution is -0.116. The van der Waals surface area contributed by atoms with E-state index in [4.69, 9.17) is 5.73 Å². The molecular weight excluding hydrogens is 243 g/mol. The Bertz CT molecular complexity index is 501. The van der Waals surface area contributed by atoms with E-state index in [2.05, 4.69) is 31.0 Å². The molecule has 0 fully saturated rings. The van der Waals surface area contributed by atoms with E-state index in [1.807, 2.05) is 0 Å². The fourth-order valence-corrected chi connectivity index (χ4v) is 1.51. The SMILES string of the molecule is CC(C)CCC(=O)Nc1ccc(F)cc1C#CCN. The van der Waals surface area contributed by atoms with Crippen molar-refractivity contribution in [2.75, 3.05) is 11.9 Å². The first kappa shape index (κ1) is 15.2. The molecule has 1 aromatic rings. The smallest absolute Gasteiger partial charge is 0.224 e. The molecule has 0 saturated carbocycles. The van der Waals surface area contributed by atoms with Gasteiger partial charge in [-0.15, -0.1) is 0 Å². The molecule has 0 aliphatic rings. The van der Waals surface area contributed by atoms with Crippen LogP contribution >= 0.6 is 0 Å². The molecule has 3 nitrogen and oxygen atoms in total. The summed E-state index contributed by atoms with van der Waals surface area (Å²) in [6.45, 7) is 4.31. The summed E-state index contributed by atoms with van der Waals surface area (Å²) in [4.78, 5) is 11.8. The molecule has 0 spiro atoms. The molecule has 19 heavy (non-hydrogen) atoms. The van der Waals surface area contributed by atoms with Gasteiger partial charge in [-0.25, -0.2) is 4.39 Å². The number of hydrogen-bond donors (Lipinski definition) is 2. The number of nitrogens with two attached hydrogens (primary N) is 1. The van der Waals surface area contributed by atoms with Crippen LogP contribution in [0.3, 0.4) is 0 Å². The highest BCUT2D eigenvalue weighted by Crippen LogP contribution is 2.17. The predicted molar refractivity (Wildman–Crippen MR) is 75.0 cm³/mol. The van der Waals surface area contributed by atoms with Crippen LogP contribution in [-0.4, -0.2) is 12.5 Å². The number of anilines is 1. The van der Waals surface area contributed by atoms with Crippen molar-refractivity contribution in [2.45, 2.75) is 26.7 Å². The summed E-state index contributed by atoms with van der Waals surface area (Å²) in [7, 11) is 0. The van der Waals surface area contributed by atoms with Crippen molar-refractivity contribution in [1.82, 2.24) is 0 Å². The zero-order valence-electron chi connectivity index (χ0n) is 11.3. The summed E-state index contributed by atoms with van der Waals surface area (Å²) in [6.07, 6.45) is 1.26. The van der Waals surface area contributed by atoms with Crippen LogP contribution in [0.25, 0.3) is 0 Å². The summed E-state index contributed by atoms with van der Waals surface area (Å²) in [5.74, 6) is 5.40. The van der Waals surface area contributed by atoms with Gasteiger partial charge in [-0.1, -0.05) is 25.7 Å². The topological polar surface area (TPSA) is 55.1 Å². The van der Waals surface area contributed by atoms with E-state index in [0.717, 1.165) is 6.42 Å². The van der Waals surface area contributed by atoms with E-state index in [1.165, 1.54) is 18.2 Å². The van der Waals surface area contributed by atoms with Crippen LogP contribution < -0.4 is 11.1 Å². The first-order valence-corrected chi connectivity index (χ1v) is 6.31. The molecule has 0 radical (unpaired) electrons. The van der Waals surface area contributed by atoms with Gasteiger partial charge in [0.05, 0.1) is 17.8 Å². The van der Waals surface area contributed by atoms with Gasteiger partial charge in [-0.3, -0.25) is 4.79 Å². The highest BCUT2D eigenvalue weighted by molar-refractivity contribution is 5.92. The third-order valence-corrected chi connectivity index (χ3v) is 2.53. The zero-order chi connectivity index (χ0) is 14.3. The van der Waals surface area contributed by atoms with Crippen molar-refractivity contribution in [3.63, 3.8) is 0 Å². The number of rotatable bonds is 4. The summed E-state index contributed by atoms with van der Waals surface area (Å²) in [5.41, 5.74) is 6.26. The summed E-state index contributed by atoms with van der Waals surface area (Å²) >= 11 is 0. The summed E-state index contributed by atoms with van der Waals surface area (Å²) in [6, 6.07) is 4.11. The summed E-state index contributed by atoms with van der Waals surface area (Å²) in [5, 5.41) is 2.75. The number of nitrogens with one attached hydrogen (secondary N) is 1. The highest BCUT2D eigenvalue weighted by Gasteiger charge is 2.07. The Kier molecular flexibility index (Phi) is 6.04. The third kappa shape index (κ3) is 5.54. The average Bonchev–Trinajstić information content (AvgIpc) is 2.36. The fraction of sp³-hybridized carbons (Fsp3) is 0.400. The van der Waals surface area contributed by atoms with Gasteiger partial charge in [0, 0.05) is 6.42 Å². The standard InChI is InChI=1S/C15H19FN2O/c1-11(2)5-8-15(19)18-14-7-6-13(16)10-12(14)4-3-9-17/h6-7,10-11H,5,8-9,17H2,1-2H3,(H,18,19). The van der Waals surface area contributed by atoms with Crippen molar-refractivity contribution in [3.05, 3.63) is 29.6 Å². The molecule has 0 heterocycles. The van der Waals surface area contributed by atoms with Crippen molar-refractivity contribution >= 4 is 11.6 Å². The van der Waals surface area contributed by atoms with Crippen molar-refractivity contribution < 1.29 is 9.18 Å². The number of carbonyl (C=O) groups is 1. The lowest BCUT2D eigenvalue weighted by Gasteiger charge is -2.08. The van der Waals surface area contributed by atoms with Gasteiger partial charge in [0.2, 0.25) is 5.91 Å². The van der Waals surface area contributed by atoms with E-state index in [1.54, 1.807) is 0 Å². The van der Waals surface area contributed by atoms with E-state index < -0.39 is 0 Å². The fourth-order valence-electron chi connectivity index (χ4n) is 1.51. The number of amides is 1. The van der Waals surface area contributed by atoms with E-state index in [9.17, 15) is 9.18 Å². The Balaban J connectivity index is 2.79. The first-order chi connectivity index (χ1) is 9.02. The lowest BCUT2D eigenvalue weighted by atomic mass is 10.1. The lowest BCUT2D eigenvalue weighted by Crippen LogP contribution is -2.13. The molecule has 0 aliphatic heterocycles. The van der Waals surface area contributed by atoms with E-state index in [0.29, 0.717) is 23.6 Å². The van der Waals surface area contributed by atoms with Gasteiger partial charge in [-0.05, 0) is 30.5 Å². The van der Waals surface area contributed by atoms with Gasteiger partial charge in [0.1, 0.15) is 5.82 Å². The normalized spacial score (nSPS) is 9.95. The monoisotopic (exact) mass is 262 g/mol. The second-order valence-corrected chi connectivity index (χ2v) is 4.68. The van der Waals surface area contributed by atoms with Gasteiger partial charge >= 0.3 is 0 Å². The average molecular weight is 262 g/mol. The van der Waals surface area contributed by atoms with E-state index >= 15 is 0 Å². The Morgan fingerprint density at radius 1 is 1.47 bits per heavy atom. The van der Waals surface area contributed by atoms with Gasteiger partial charge in [0.25, 0.3) is 0 Å². The number of hydrogen-bond acceptors (Lipinski definition) is 2. The summed E-state index contributed by atoms with van der Waals surface area (Å²) < 4.78 is 13.2. The minimum Gasteiger partial charge on any atom is -0.325 e. The third-order valence-electron chi connectivity index (χ3n) is 2.53. The van der Waals surface area contributed by atoms with Crippen LogP contribution in [0.5, 0.6) is 0 Å². The Hall–Kier alpha value is -1.86. The highest BCUT2D eigenvalue weighted by atomic mass is 19.1. The maximum Gasteiger partial charge on any atom is 0.224 e. The maximum absolute atomic E-state index is 13.2. The van der Waals surface area contributed by atoms with Gasteiger partial charge in [0.15, 0.2) is 0 Å². The number of carbonyl (C=O) groups excluding carboxylic acids is 1. The number of benzene rings is 1. The van der Waals surface area contributed by atoms with Gasteiger partial charge < -0.3 is 11.1 Å². The van der Waals surface area contributed by atoms with Crippen molar-refractivity contribution in [1.29, 1.82) is 0 Å². The minimum atomic E-state index is -0.387. The van der Waals surface area contributed by atoms with Crippen LogP contribution in [0, 0.1) is 23.6 Å².